The number of hydrazine groups is 1. The zero-order chi connectivity index (χ0) is 18.7. The van der Waals surface area contributed by atoms with Crippen molar-refractivity contribution in [3.05, 3.63) is 63.2 Å². The summed E-state index contributed by atoms with van der Waals surface area (Å²) in [5.74, 6) is -0.416. The van der Waals surface area contributed by atoms with Crippen molar-refractivity contribution >= 4 is 75.2 Å². The summed E-state index contributed by atoms with van der Waals surface area (Å²) >= 11 is 18.0. The molecule has 26 heavy (non-hydrogen) atoms. The number of nitrogens with one attached hydrogen (secondary N) is 2. The summed E-state index contributed by atoms with van der Waals surface area (Å²) in [5, 5.41) is 4.25. The Labute approximate surface area is 168 Å². The van der Waals surface area contributed by atoms with Crippen LogP contribution in [0.25, 0.3) is 6.08 Å². The van der Waals surface area contributed by atoms with Crippen LogP contribution in [0.15, 0.2) is 47.6 Å². The van der Waals surface area contributed by atoms with Crippen LogP contribution in [0.2, 0.25) is 10.0 Å². The maximum Gasteiger partial charge on any atom is 0.338 e. The number of urea groups is 1. The Balaban J connectivity index is 1.68. The number of aromatic nitrogens is 1. The molecule has 3 amide bonds. The Hall–Kier alpha value is -2.13. The summed E-state index contributed by atoms with van der Waals surface area (Å²) in [6, 6.07) is 7.52. The Bertz CT molecular complexity index is 922. The molecule has 2 heterocycles. The van der Waals surface area contributed by atoms with Gasteiger partial charge in [-0.05, 0) is 54.2 Å². The number of nitrogens with zero attached hydrogens (tertiary/aromatic N) is 2. The Kier molecular flexibility index (Phi) is 5.77. The highest BCUT2D eigenvalue weighted by Crippen LogP contribution is 2.31. The molecule has 0 radical (unpaired) electrons. The van der Waals surface area contributed by atoms with E-state index in [2.05, 4.69) is 15.7 Å². The second-order valence-corrected chi connectivity index (χ2v) is 7.48. The summed E-state index contributed by atoms with van der Waals surface area (Å²) in [6.45, 7) is 0. The third-order valence-electron chi connectivity index (χ3n) is 3.19. The number of amides is 3. The minimum Gasteiger partial charge on any atom is -0.307 e. The van der Waals surface area contributed by atoms with Gasteiger partial charge in [0.2, 0.25) is 0 Å². The van der Waals surface area contributed by atoms with Crippen LogP contribution >= 0.6 is 47.2 Å². The molecule has 1 aromatic heterocycles. The number of anilines is 1. The molecule has 2 N–H and O–H groups in total. The summed E-state index contributed by atoms with van der Waals surface area (Å²) in [7, 11) is 0. The molecular formula is C16H10Cl2N4O2S2. The fourth-order valence-electron chi connectivity index (χ4n) is 2.01. The van der Waals surface area contributed by atoms with E-state index in [0.29, 0.717) is 20.6 Å². The Morgan fingerprint density at radius 2 is 1.92 bits per heavy atom. The van der Waals surface area contributed by atoms with Crippen LogP contribution in [-0.2, 0) is 4.79 Å². The molecule has 2 aromatic rings. The first kappa shape index (κ1) is 18.7. The van der Waals surface area contributed by atoms with Crippen LogP contribution in [0, 0.1) is 0 Å². The SMILES string of the molecule is O=C(Nc1ccc(Cl)c(Cl)c1)NN1C(=O)/C(=C\c2ccncc2)SC1=S. The first-order chi connectivity index (χ1) is 12.4. The van der Waals surface area contributed by atoms with Crippen molar-refractivity contribution in [2.24, 2.45) is 0 Å². The first-order valence-corrected chi connectivity index (χ1v) is 9.13. The third-order valence-corrected chi connectivity index (χ3v) is 5.23. The fraction of sp³-hybridized carbons (Fsp3) is 0. The van der Waals surface area contributed by atoms with Crippen molar-refractivity contribution < 1.29 is 9.59 Å². The molecule has 132 valence electrons. The molecule has 0 spiro atoms. The van der Waals surface area contributed by atoms with Gasteiger partial charge in [0.25, 0.3) is 5.91 Å². The molecule has 0 aliphatic carbocycles. The average molecular weight is 425 g/mol. The van der Waals surface area contributed by atoms with Gasteiger partial charge in [-0.25, -0.2) is 10.2 Å². The number of carbonyl (C=O) groups excluding carboxylic acids is 2. The Morgan fingerprint density at radius 1 is 1.19 bits per heavy atom. The molecule has 0 unspecified atom stereocenters. The maximum absolute atomic E-state index is 12.5. The minimum atomic E-state index is -0.634. The molecule has 1 aliphatic heterocycles. The number of carbonyl (C=O) groups is 2. The van der Waals surface area contributed by atoms with E-state index in [-0.39, 0.29) is 4.32 Å². The lowest BCUT2D eigenvalue weighted by molar-refractivity contribution is -0.123. The third kappa shape index (κ3) is 4.34. The predicted octanol–water partition coefficient (Wildman–Crippen LogP) is 4.33. The monoisotopic (exact) mass is 424 g/mol. The van der Waals surface area contributed by atoms with Crippen LogP contribution in [0.1, 0.15) is 5.56 Å². The lowest BCUT2D eigenvalue weighted by atomic mass is 10.2. The number of rotatable bonds is 3. The molecule has 1 aromatic carbocycles. The van der Waals surface area contributed by atoms with Gasteiger partial charge < -0.3 is 5.32 Å². The molecule has 1 aliphatic rings. The number of benzene rings is 1. The van der Waals surface area contributed by atoms with E-state index in [1.807, 2.05) is 0 Å². The van der Waals surface area contributed by atoms with Gasteiger partial charge in [-0.1, -0.05) is 35.0 Å². The van der Waals surface area contributed by atoms with E-state index >= 15 is 0 Å². The smallest absolute Gasteiger partial charge is 0.307 e. The van der Waals surface area contributed by atoms with E-state index < -0.39 is 11.9 Å². The first-order valence-electron chi connectivity index (χ1n) is 7.15. The molecular weight excluding hydrogens is 415 g/mol. The highest BCUT2D eigenvalue weighted by Gasteiger charge is 2.33. The van der Waals surface area contributed by atoms with E-state index in [9.17, 15) is 9.59 Å². The fourth-order valence-corrected chi connectivity index (χ4v) is 3.49. The predicted molar refractivity (Wildman–Crippen MR) is 108 cm³/mol. The van der Waals surface area contributed by atoms with Crippen molar-refractivity contribution in [2.45, 2.75) is 0 Å². The minimum absolute atomic E-state index is 0.222. The summed E-state index contributed by atoms with van der Waals surface area (Å²) in [4.78, 5) is 28.9. The second kappa shape index (κ2) is 8.05. The van der Waals surface area contributed by atoms with Crippen molar-refractivity contribution in [3.8, 4) is 0 Å². The van der Waals surface area contributed by atoms with Crippen LogP contribution < -0.4 is 10.7 Å². The molecule has 0 atom stereocenters. The quantitative estimate of drug-likeness (QED) is 0.566. The molecule has 6 nitrogen and oxygen atoms in total. The van der Waals surface area contributed by atoms with Gasteiger partial charge in [-0.3, -0.25) is 9.78 Å². The van der Waals surface area contributed by atoms with E-state index in [1.54, 1.807) is 42.7 Å². The number of pyridine rings is 1. The van der Waals surface area contributed by atoms with Crippen molar-refractivity contribution in [1.82, 2.24) is 15.4 Å². The van der Waals surface area contributed by atoms with Crippen LogP contribution in [0.3, 0.4) is 0 Å². The van der Waals surface area contributed by atoms with E-state index in [1.165, 1.54) is 6.07 Å². The topological polar surface area (TPSA) is 74.3 Å². The van der Waals surface area contributed by atoms with Gasteiger partial charge in [-0.2, -0.15) is 5.01 Å². The van der Waals surface area contributed by atoms with Crippen molar-refractivity contribution in [3.63, 3.8) is 0 Å². The summed E-state index contributed by atoms with van der Waals surface area (Å²) in [6.07, 6.45) is 4.92. The normalized spacial score (nSPS) is 15.5. The van der Waals surface area contributed by atoms with Crippen molar-refractivity contribution in [2.75, 3.05) is 5.32 Å². The van der Waals surface area contributed by atoms with Crippen molar-refractivity contribution in [1.29, 1.82) is 0 Å². The second-order valence-electron chi connectivity index (χ2n) is 4.99. The Morgan fingerprint density at radius 3 is 2.62 bits per heavy atom. The molecule has 1 saturated heterocycles. The zero-order valence-corrected chi connectivity index (χ0v) is 16.0. The number of halogens is 2. The van der Waals surface area contributed by atoms with Gasteiger partial charge in [0.1, 0.15) is 0 Å². The number of thiocarbonyl (C=S) groups is 1. The largest absolute Gasteiger partial charge is 0.338 e. The lowest BCUT2D eigenvalue weighted by Crippen LogP contribution is -2.46. The number of hydrogen-bond donors (Lipinski definition) is 2. The highest BCUT2D eigenvalue weighted by atomic mass is 35.5. The van der Waals surface area contributed by atoms with Gasteiger partial charge in [0.15, 0.2) is 4.32 Å². The molecule has 0 bridgehead atoms. The van der Waals surface area contributed by atoms with Gasteiger partial charge in [-0.15, -0.1) is 0 Å². The summed E-state index contributed by atoms with van der Waals surface area (Å²) < 4.78 is 0.222. The van der Waals surface area contributed by atoms with E-state index in [0.717, 1.165) is 22.3 Å². The van der Waals surface area contributed by atoms with Gasteiger partial charge in [0, 0.05) is 18.1 Å². The summed E-state index contributed by atoms with van der Waals surface area (Å²) in [5.41, 5.74) is 3.65. The molecule has 1 fully saturated rings. The number of hydrogen-bond acceptors (Lipinski definition) is 5. The number of thioether (sulfide) groups is 1. The van der Waals surface area contributed by atoms with Crippen LogP contribution in [-0.4, -0.2) is 26.3 Å². The van der Waals surface area contributed by atoms with Crippen LogP contribution in [0.4, 0.5) is 10.5 Å². The standard InChI is InChI=1S/C16H10Cl2N4O2S2/c17-11-2-1-10(8-12(11)18)20-15(24)21-22-14(23)13(26-16(22)25)7-9-3-5-19-6-4-9/h1-8H,(H2,20,21,24)/b13-7+. The molecule has 10 heteroatoms. The maximum atomic E-state index is 12.5. The van der Waals surface area contributed by atoms with Gasteiger partial charge in [0.05, 0.1) is 15.0 Å². The average Bonchev–Trinajstić information content (AvgIpc) is 2.86. The lowest BCUT2D eigenvalue weighted by Gasteiger charge is -2.16. The highest BCUT2D eigenvalue weighted by molar-refractivity contribution is 8.26. The molecule has 0 saturated carbocycles. The van der Waals surface area contributed by atoms with Gasteiger partial charge >= 0.3 is 6.03 Å². The molecule has 3 rings (SSSR count). The van der Waals surface area contributed by atoms with E-state index in [4.69, 9.17) is 35.4 Å². The zero-order valence-electron chi connectivity index (χ0n) is 12.9. The van der Waals surface area contributed by atoms with Crippen LogP contribution in [0.5, 0.6) is 0 Å².